The molecule has 158 valence electrons. The molecule has 0 aromatic heterocycles. The number of esters is 2. The third-order valence-electron chi connectivity index (χ3n) is 5.61. The Bertz CT molecular complexity index is 956. The van der Waals surface area contributed by atoms with Gasteiger partial charge in [-0.25, -0.2) is 0 Å². The average molecular weight is 429 g/mol. The van der Waals surface area contributed by atoms with Gasteiger partial charge in [0.1, 0.15) is 0 Å². The molecule has 4 rings (SSSR count). The lowest BCUT2D eigenvalue weighted by molar-refractivity contribution is -0.225. The topological polar surface area (TPSA) is 76.7 Å². The van der Waals surface area contributed by atoms with Gasteiger partial charge in [0.15, 0.2) is 0 Å². The number of hydrogen-bond acceptors (Lipinski definition) is 6. The van der Waals surface area contributed by atoms with Crippen molar-refractivity contribution in [3.05, 3.63) is 63.7 Å². The summed E-state index contributed by atoms with van der Waals surface area (Å²) >= 11 is 6.59. The van der Waals surface area contributed by atoms with Crippen molar-refractivity contribution in [2.24, 2.45) is 0 Å². The van der Waals surface area contributed by atoms with Gasteiger partial charge in [0, 0.05) is 11.6 Å². The van der Waals surface area contributed by atoms with Crippen LogP contribution >= 0.6 is 11.6 Å². The quantitative estimate of drug-likeness (QED) is 0.719. The van der Waals surface area contributed by atoms with Crippen LogP contribution < -0.4 is 10.6 Å². The van der Waals surface area contributed by atoms with Crippen LogP contribution in [0.2, 0.25) is 5.02 Å². The standard InChI is InChI=1S/C23H25ClN2O4/c1-14-3-5-16(6-4-14)15(2)26-22-17-11-12-25-13-23(18(17)7-8-19(22)24)29-20(27)9-10-21(28)30-23/h3-8,15,25-26H,9-13H2,1-2H3/t15-/m0/s1. The Labute approximate surface area is 180 Å². The smallest absolute Gasteiger partial charge is 0.309 e. The summed E-state index contributed by atoms with van der Waals surface area (Å²) in [6, 6.07) is 11.9. The van der Waals surface area contributed by atoms with Crippen LogP contribution in [0.15, 0.2) is 36.4 Å². The Hall–Kier alpha value is -2.57. The molecule has 1 saturated heterocycles. The molecule has 0 bridgehead atoms. The van der Waals surface area contributed by atoms with Crippen molar-refractivity contribution in [1.29, 1.82) is 0 Å². The van der Waals surface area contributed by atoms with Crippen molar-refractivity contribution in [3.8, 4) is 0 Å². The van der Waals surface area contributed by atoms with Gasteiger partial charge in [0.05, 0.1) is 30.1 Å². The maximum atomic E-state index is 12.2. The van der Waals surface area contributed by atoms with E-state index in [1.807, 2.05) is 0 Å². The molecular formula is C23H25ClN2O4. The number of anilines is 1. The molecule has 7 heteroatoms. The summed E-state index contributed by atoms with van der Waals surface area (Å²) in [6.07, 6.45) is 0.674. The Morgan fingerprint density at radius 2 is 1.70 bits per heavy atom. The first kappa shape index (κ1) is 20.7. The monoisotopic (exact) mass is 428 g/mol. The molecule has 2 aromatic rings. The highest BCUT2D eigenvalue weighted by Crippen LogP contribution is 2.41. The molecule has 2 aromatic carbocycles. The van der Waals surface area contributed by atoms with Crippen LogP contribution in [0.3, 0.4) is 0 Å². The summed E-state index contributed by atoms with van der Waals surface area (Å²) in [5.41, 5.74) is 4.63. The predicted molar refractivity (Wildman–Crippen MR) is 114 cm³/mol. The SMILES string of the molecule is Cc1ccc([C@H](C)Nc2c(Cl)ccc3c2CCNCC32OC(=O)CCC(=O)O2)cc1. The highest BCUT2D eigenvalue weighted by Gasteiger charge is 2.46. The van der Waals surface area contributed by atoms with Crippen molar-refractivity contribution in [2.45, 2.75) is 44.9 Å². The number of hydrogen-bond donors (Lipinski definition) is 2. The zero-order valence-corrected chi connectivity index (χ0v) is 17.8. The molecule has 2 aliphatic rings. The molecule has 0 radical (unpaired) electrons. The highest BCUT2D eigenvalue weighted by molar-refractivity contribution is 6.33. The maximum absolute atomic E-state index is 12.2. The summed E-state index contributed by atoms with van der Waals surface area (Å²) in [7, 11) is 0. The zero-order valence-electron chi connectivity index (χ0n) is 17.1. The molecule has 1 spiro atoms. The van der Waals surface area contributed by atoms with E-state index in [0.717, 1.165) is 16.8 Å². The molecular weight excluding hydrogens is 404 g/mol. The van der Waals surface area contributed by atoms with E-state index in [9.17, 15) is 9.59 Å². The van der Waals surface area contributed by atoms with Gasteiger partial charge >= 0.3 is 11.9 Å². The molecule has 0 amide bonds. The van der Waals surface area contributed by atoms with E-state index in [1.54, 1.807) is 12.1 Å². The van der Waals surface area contributed by atoms with Crippen LogP contribution in [-0.4, -0.2) is 25.0 Å². The molecule has 1 fully saturated rings. The summed E-state index contributed by atoms with van der Waals surface area (Å²) in [4.78, 5) is 24.5. The minimum atomic E-state index is -1.48. The Balaban J connectivity index is 1.76. The lowest BCUT2D eigenvalue weighted by Gasteiger charge is -2.32. The molecule has 6 nitrogen and oxygen atoms in total. The van der Waals surface area contributed by atoms with E-state index in [0.29, 0.717) is 23.6 Å². The molecule has 1 atom stereocenters. The molecule has 30 heavy (non-hydrogen) atoms. The van der Waals surface area contributed by atoms with E-state index in [4.69, 9.17) is 21.1 Å². The van der Waals surface area contributed by atoms with E-state index >= 15 is 0 Å². The van der Waals surface area contributed by atoms with Gasteiger partial charge in [-0.05, 0) is 50.1 Å². The van der Waals surface area contributed by atoms with Gasteiger partial charge in [-0.1, -0.05) is 41.4 Å². The van der Waals surface area contributed by atoms with E-state index in [2.05, 4.69) is 48.7 Å². The predicted octanol–water partition coefficient (Wildman–Crippen LogP) is 4.00. The first-order valence-corrected chi connectivity index (χ1v) is 10.5. The fourth-order valence-electron chi connectivity index (χ4n) is 3.99. The number of aryl methyl sites for hydroxylation is 1. The van der Waals surface area contributed by atoms with E-state index in [1.165, 1.54) is 5.56 Å². The second-order valence-electron chi connectivity index (χ2n) is 7.85. The number of ether oxygens (including phenoxy) is 2. The molecule has 2 aliphatic heterocycles. The number of fused-ring (bicyclic) bond motifs is 2. The Kier molecular flexibility index (Phi) is 5.71. The Morgan fingerprint density at radius 3 is 2.37 bits per heavy atom. The lowest BCUT2D eigenvalue weighted by Crippen LogP contribution is -2.43. The second kappa shape index (κ2) is 8.28. The first-order valence-electron chi connectivity index (χ1n) is 10.2. The zero-order chi connectivity index (χ0) is 21.3. The van der Waals surface area contributed by atoms with Crippen LogP contribution in [0.25, 0.3) is 0 Å². The van der Waals surface area contributed by atoms with Crippen molar-refractivity contribution in [1.82, 2.24) is 5.32 Å². The number of benzene rings is 2. The maximum Gasteiger partial charge on any atom is 0.309 e. The van der Waals surface area contributed by atoms with Crippen molar-refractivity contribution in [3.63, 3.8) is 0 Å². The minimum absolute atomic E-state index is 0.000923. The highest BCUT2D eigenvalue weighted by atomic mass is 35.5. The summed E-state index contributed by atoms with van der Waals surface area (Å²) in [6.45, 7) is 4.96. The molecule has 0 unspecified atom stereocenters. The number of nitrogens with one attached hydrogen (secondary N) is 2. The van der Waals surface area contributed by atoms with Gasteiger partial charge in [0.25, 0.3) is 5.79 Å². The van der Waals surface area contributed by atoms with Crippen LogP contribution in [0.5, 0.6) is 0 Å². The van der Waals surface area contributed by atoms with Crippen LogP contribution in [-0.2, 0) is 31.3 Å². The van der Waals surface area contributed by atoms with Gasteiger partial charge in [-0.3, -0.25) is 9.59 Å². The van der Waals surface area contributed by atoms with Crippen LogP contribution in [0.4, 0.5) is 5.69 Å². The second-order valence-corrected chi connectivity index (χ2v) is 8.26. The molecule has 2 N–H and O–H groups in total. The van der Waals surface area contributed by atoms with Gasteiger partial charge in [-0.15, -0.1) is 0 Å². The normalized spacial score (nSPS) is 19.2. The largest absolute Gasteiger partial charge is 0.416 e. The number of carbonyl (C=O) groups excluding carboxylic acids is 2. The van der Waals surface area contributed by atoms with Crippen molar-refractivity contribution < 1.29 is 19.1 Å². The number of halogens is 1. The van der Waals surface area contributed by atoms with Crippen molar-refractivity contribution in [2.75, 3.05) is 18.4 Å². The number of rotatable bonds is 3. The molecule has 2 heterocycles. The van der Waals surface area contributed by atoms with E-state index in [-0.39, 0.29) is 25.4 Å². The van der Waals surface area contributed by atoms with Gasteiger partial charge in [0.2, 0.25) is 0 Å². The molecule has 0 saturated carbocycles. The lowest BCUT2D eigenvalue weighted by atomic mass is 9.95. The van der Waals surface area contributed by atoms with Gasteiger partial charge < -0.3 is 20.1 Å². The summed E-state index contributed by atoms with van der Waals surface area (Å²) in [5, 5.41) is 7.32. The minimum Gasteiger partial charge on any atom is -0.416 e. The Morgan fingerprint density at radius 1 is 1.03 bits per heavy atom. The average Bonchev–Trinajstić information content (AvgIpc) is 2.97. The fourth-order valence-corrected chi connectivity index (χ4v) is 4.22. The summed E-state index contributed by atoms with van der Waals surface area (Å²) in [5.74, 6) is -2.38. The van der Waals surface area contributed by atoms with E-state index < -0.39 is 17.7 Å². The van der Waals surface area contributed by atoms with Gasteiger partial charge in [-0.2, -0.15) is 0 Å². The molecule has 0 aliphatic carbocycles. The summed E-state index contributed by atoms with van der Waals surface area (Å²) < 4.78 is 11.4. The first-order chi connectivity index (χ1) is 14.4. The van der Waals surface area contributed by atoms with Crippen LogP contribution in [0.1, 0.15) is 48.1 Å². The van der Waals surface area contributed by atoms with Crippen LogP contribution in [0, 0.1) is 6.92 Å². The van der Waals surface area contributed by atoms with Crippen molar-refractivity contribution >= 4 is 29.2 Å². The fraction of sp³-hybridized carbons (Fsp3) is 0.391. The third-order valence-corrected chi connectivity index (χ3v) is 5.93. The third kappa shape index (κ3) is 4.02. The number of carbonyl (C=O) groups is 2.